The first kappa shape index (κ1) is 28.0. The van der Waals surface area contributed by atoms with Crippen molar-refractivity contribution in [2.75, 3.05) is 33.7 Å². The van der Waals surface area contributed by atoms with Crippen LogP contribution in [0.3, 0.4) is 0 Å². The lowest BCUT2D eigenvalue weighted by Gasteiger charge is -2.55. The molecule has 7 rings (SSSR count). The third-order valence-corrected chi connectivity index (χ3v) is 8.25. The average Bonchev–Trinajstić information content (AvgIpc) is 3.17. The normalized spacial score (nSPS) is 22.3. The van der Waals surface area contributed by atoms with Gasteiger partial charge in [-0.1, -0.05) is 54.6 Å². The summed E-state index contributed by atoms with van der Waals surface area (Å²) in [5.41, 5.74) is 3.40. The first-order valence-corrected chi connectivity index (χ1v) is 14.0. The highest BCUT2D eigenvalue weighted by molar-refractivity contribution is 5.95. The van der Waals surface area contributed by atoms with Gasteiger partial charge in [-0.05, 0) is 40.0 Å². The number of benzene rings is 3. The van der Waals surface area contributed by atoms with Gasteiger partial charge < -0.3 is 29.0 Å². The Balaban J connectivity index is 1.46. The molecular formula is C32H27F2N3O7. The zero-order valence-electron chi connectivity index (χ0n) is 23.5. The number of methoxy groups -OCH3 is 1. The van der Waals surface area contributed by atoms with E-state index in [1.807, 2.05) is 41.4 Å². The fourth-order valence-electron chi connectivity index (χ4n) is 6.39. The lowest BCUT2D eigenvalue weighted by molar-refractivity contribution is -0.191. The predicted molar refractivity (Wildman–Crippen MR) is 151 cm³/mol. The summed E-state index contributed by atoms with van der Waals surface area (Å²) in [6.07, 6.45) is -0.0558. The summed E-state index contributed by atoms with van der Waals surface area (Å²) >= 11 is 0. The first-order chi connectivity index (χ1) is 21.4. The molecule has 0 aromatic heterocycles. The molecule has 3 aliphatic heterocycles. The second kappa shape index (κ2) is 11.1. The average molecular weight is 604 g/mol. The van der Waals surface area contributed by atoms with Crippen molar-refractivity contribution in [3.63, 3.8) is 0 Å². The summed E-state index contributed by atoms with van der Waals surface area (Å²) in [6.45, 7) is -0.00796. The topological polar surface area (TPSA) is 101 Å². The molecule has 2 saturated heterocycles. The zero-order valence-corrected chi connectivity index (χ0v) is 23.5. The van der Waals surface area contributed by atoms with E-state index >= 15 is 4.39 Å². The molecule has 0 saturated carbocycles. The van der Waals surface area contributed by atoms with Crippen LogP contribution < -0.4 is 0 Å². The van der Waals surface area contributed by atoms with Gasteiger partial charge in [0.15, 0.2) is 23.1 Å². The minimum Gasteiger partial charge on any atom is -0.456 e. The number of halogens is 2. The van der Waals surface area contributed by atoms with Gasteiger partial charge in [0.25, 0.3) is 5.91 Å². The number of carbonyl (C=O) groups is 2. The molecule has 3 aromatic rings. The molecule has 3 aromatic carbocycles. The van der Waals surface area contributed by atoms with Gasteiger partial charge in [-0.2, -0.15) is 5.01 Å². The molecule has 1 aliphatic carbocycles. The predicted octanol–water partition coefficient (Wildman–Crippen LogP) is 4.28. The van der Waals surface area contributed by atoms with Crippen LogP contribution in [-0.2, 0) is 23.7 Å². The Hall–Kier alpha value is -4.78. The first-order valence-electron chi connectivity index (χ1n) is 14.0. The number of ether oxygens (including phenoxy) is 4. The van der Waals surface area contributed by atoms with E-state index in [-0.39, 0.29) is 36.8 Å². The van der Waals surface area contributed by atoms with E-state index in [0.717, 1.165) is 29.9 Å². The molecule has 0 bridgehead atoms. The van der Waals surface area contributed by atoms with E-state index in [1.165, 1.54) is 12.3 Å². The number of carbonyl (C=O) groups excluding carboxylic acids is 2. The lowest BCUT2D eigenvalue weighted by Crippen LogP contribution is -2.68. The molecule has 44 heavy (non-hydrogen) atoms. The lowest BCUT2D eigenvalue weighted by atomic mass is 9.91. The van der Waals surface area contributed by atoms with Crippen molar-refractivity contribution < 1.29 is 42.4 Å². The Kier molecular flexibility index (Phi) is 7.04. The zero-order chi connectivity index (χ0) is 30.5. The Labute approximate surface area is 250 Å². The summed E-state index contributed by atoms with van der Waals surface area (Å²) in [5, 5.41) is 14.3. The fourth-order valence-corrected chi connectivity index (χ4v) is 6.39. The largest absolute Gasteiger partial charge is 0.510 e. The Morgan fingerprint density at radius 2 is 1.77 bits per heavy atom. The molecule has 1 amide bonds. The summed E-state index contributed by atoms with van der Waals surface area (Å²) in [4.78, 5) is 27.2. The van der Waals surface area contributed by atoms with Crippen LogP contribution in [0, 0.1) is 11.6 Å². The third kappa shape index (κ3) is 4.33. The van der Waals surface area contributed by atoms with Crippen molar-refractivity contribution in [1.82, 2.24) is 14.9 Å². The molecule has 10 nitrogen and oxygen atoms in total. The van der Waals surface area contributed by atoms with Gasteiger partial charge in [0.1, 0.15) is 12.3 Å². The number of hydrogen-bond donors (Lipinski definition) is 1. The maximum absolute atomic E-state index is 16.0. The smallest absolute Gasteiger partial charge is 0.456 e. The summed E-state index contributed by atoms with van der Waals surface area (Å²) in [6, 6.07) is 16.8. The number of hydrogen-bond acceptors (Lipinski definition) is 9. The van der Waals surface area contributed by atoms with Crippen molar-refractivity contribution >= 4 is 12.1 Å². The van der Waals surface area contributed by atoms with Crippen molar-refractivity contribution in [1.29, 1.82) is 0 Å². The third-order valence-electron chi connectivity index (χ3n) is 8.25. The number of aliphatic hydroxyl groups excluding tert-OH is 1. The van der Waals surface area contributed by atoms with Gasteiger partial charge >= 0.3 is 6.16 Å². The van der Waals surface area contributed by atoms with Gasteiger partial charge in [-0.15, -0.1) is 0 Å². The highest BCUT2D eigenvalue weighted by atomic mass is 19.2. The highest BCUT2D eigenvalue weighted by Crippen LogP contribution is 2.50. The number of rotatable bonds is 4. The van der Waals surface area contributed by atoms with Crippen molar-refractivity contribution in [2.45, 2.75) is 18.3 Å². The maximum Gasteiger partial charge on any atom is 0.510 e. The van der Waals surface area contributed by atoms with Crippen LogP contribution in [0.4, 0.5) is 13.6 Å². The van der Waals surface area contributed by atoms with Gasteiger partial charge in [0, 0.05) is 18.3 Å². The van der Waals surface area contributed by atoms with E-state index in [0.29, 0.717) is 11.1 Å². The number of fused-ring (bicyclic) bond motifs is 7. The van der Waals surface area contributed by atoms with Gasteiger partial charge in [0.2, 0.25) is 6.79 Å². The molecule has 3 unspecified atom stereocenters. The standard InChI is InChI=1S/C32H27F2N3O7/c1-41-32(40)44-17-43-30-24(38)12-13-36-29(30)31(39)35-14-15-42-16-25(35)37(36)28-21-9-5-3-7-19(21)18-6-2-4-8-20(18)26-22(28)10-11-23(33)27(26)34/h2-13,24-25,28,38H,14-17H2,1H3. The van der Waals surface area contributed by atoms with Crippen molar-refractivity contribution in [3.05, 3.63) is 107 Å². The molecule has 12 heteroatoms. The van der Waals surface area contributed by atoms with E-state index in [2.05, 4.69) is 4.74 Å². The van der Waals surface area contributed by atoms with Crippen molar-refractivity contribution in [3.8, 4) is 22.3 Å². The fraction of sp³-hybridized carbons (Fsp3) is 0.250. The second-order valence-electron chi connectivity index (χ2n) is 10.5. The maximum atomic E-state index is 16.0. The Morgan fingerprint density at radius 3 is 2.57 bits per heavy atom. The van der Waals surface area contributed by atoms with Crippen LogP contribution in [0.1, 0.15) is 17.2 Å². The SMILES string of the molecule is COC(=O)OCOC1=C2C(=O)N3CCOCC3N(C3c4ccccc4-c4ccccc4-c4c3ccc(F)c4F)N2C=CC1O. The Bertz CT molecular complexity index is 1730. The number of amides is 1. The van der Waals surface area contributed by atoms with E-state index in [4.69, 9.17) is 14.2 Å². The van der Waals surface area contributed by atoms with Crippen LogP contribution >= 0.6 is 0 Å². The van der Waals surface area contributed by atoms with E-state index in [9.17, 15) is 19.1 Å². The number of aliphatic hydroxyl groups is 1. The van der Waals surface area contributed by atoms with Gasteiger partial charge in [-0.3, -0.25) is 9.80 Å². The van der Waals surface area contributed by atoms with Gasteiger partial charge in [-0.25, -0.2) is 13.6 Å². The quantitative estimate of drug-likeness (QED) is 0.346. The molecule has 0 radical (unpaired) electrons. The number of morpholine rings is 1. The van der Waals surface area contributed by atoms with Crippen molar-refractivity contribution in [2.24, 2.45) is 0 Å². The highest BCUT2D eigenvalue weighted by Gasteiger charge is 2.51. The molecular weight excluding hydrogens is 576 g/mol. The number of hydrazine groups is 1. The molecule has 0 spiro atoms. The van der Waals surface area contributed by atoms with Gasteiger partial charge in [0.05, 0.1) is 26.4 Å². The van der Waals surface area contributed by atoms with E-state index in [1.54, 1.807) is 28.1 Å². The number of nitrogens with zero attached hydrogens (tertiary/aromatic N) is 3. The van der Waals surface area contributed by atoms with Crippen LogP contribution in [0.2, 0.25) is 0 Å². The van der Waals surface area contributed by atoms with Crippen LogP contribution in [-0.4, -0.2) is 78.0 Å². The molecule has 3 heterocycles. The second-order valence-corrected chi connectivity index (χ2v) is 10.5. The summed E-state index contributed by atoms with van der Waals surface area (Å²) < 4.78 is 51.8. The monoisotopic (exact) mass is 603 g/mol. The minimum absolute atomic E-state index is 0.0185. The Morgan fingerprint density at radius 1 is 1.02 bits per heavy atom. The molecule has 2 fully saturated rings. The van der Waals surface area contributed by atoms with E-state index < -0.39 is 48.8 Å². The molecule has 3 atom stereocenters. The summed E-state index contributed by atoms with van der Waals surface area (Å²) in [7, 11) is 1.14. The molecule has 226 valence electrons. The molecule has 4 aliphatic rings. The van der Waals surface area contributed by atoms with Crippen LogP contribution in [0.15, 0.2) is 84.4 Å². The minimum atomic E-state index is -1.34. The summed E-state index contributed by atoms with van der Waals surface area (Å²) in [5.74, 6) is -2.56. The van der Waals surface area contributed by atoms with Crippen LogP contribution in [0.25, 0.3) is 22.3 Å². The van der Waals surface area contributed by atoms with Crippen LogP contribution in [0.5, 0.6) is 0 Å². The molecule has 1 N–H and O–H groups in total.